The molecular weight excluding hydrogens is 288 g/mol. The summed E-state index contributed by atoms with van der Waals surface area (Å²) in [5.41, 5.74) is 2.75. The van der Waals surface area contributed by atoms with E-state index in [-0.39, 0.29) is 5.92 Å². The molecule has 3 heteroatoms. The van der Waals surface area contributed by atoms with Crippen LogP contribution in [0.25, 0.3) is 10.8 Å². The average Bonchev–Trinajstić information content (AvgIpc) is 2.57. The monoisotopic (exact) mass is 312 g/mol. The van der Waals surface area contributed by atoms with E-state index in [0.717, 1.165) is 29.4 Å². The molecule has 0 saturated carbocycles. The van der Waals surface area contributed by atoms with E-state index in [1.807, 2.05) is 32.9 Å². The maximum atomic E-state index is 12.5. The van der Waals surface area contributed by atoms with Gasteiger partial charge in [0, 0.05) is 5.56 Å². The molecule has 1 heterocycles. The lowest BCUT2D eigenvalue weighted by molar-refractivity contribution is 0.475. The van der Waals surface area contributed by atoms with Crippen molar-refractivity contribution in [3.8, 4) is 0 Å². The fraction of sp³-hybridized carbons (Fsp3) is 0.400. The van der Waals surface area contributed by atoms with Crippen molar-refractivity contribution in [1.29, 1.82) is 0 Å². The van der Waals surface area contributed by atoms with Crippen molar-refractivity contribution < 1.29 is 4.42 Å². The maximum absolute atomic E-state index is 12.5. The summed E-state index contributed by atoms with van der Waals surface area (Å²) >= 11 is 0. The third kappa shape index (κ3) is 3.79. The van der Waals surface area contributed by atoms with Crippen LogP contribution in [-0.4, -0.2) is 0 Å². The number of hydrogen-bond donors (Lipinski definition) is 0. The van der Waals surface area contributed by atoms with E-state index in [1.165, 1.54) is 5.57 Å². The summed E-state index contributed by atoms with van der Waals surface area (Å²) in [4.78, 5) is 24.6. The second-order valence-electron chi connectivity index (χ2n) is 6.58. The van der Waals surface area contributed by atoms with Gasteiger partial charge in [-0.15, -0.1) is 0 Å². The number of hydrogen-bond acceptors (Lipinski definition) is 3. The molecule has 0 N–H and O–H groups in total. The molecule has 2 aromatic rings. The highest BCUT2D eigenvalue weighted by molar-refractivity contribution is 5.85. The number of fused-ring (bicyclic) bond motifs is 1. The van der Waals surface area contributed by atoms with Crippen molar-refractivity contribution in [3.05, 3.63) is 67.4 Å². The van der Waals surface area contributed by atoms with Gasteiger partial charge >= 0.3 is 11.3 Å². The zero-order valence-electron chi connectivity index (χ0n) is 14.5. The summed E-state index contributed by atoms with van der Waals surface area (Å²) in [6.45, 7) is 9.95. The summed E-state index contributed by atoms with van der Waals surface area (Å²) in [6, 6.07) is 5.71. The molecule has 0 aliphatic carbocycles. The van der Waals surface area contributed by atoms with Gasteiger partial charge in [-0.3, -0.25) is 0 Å². The Morgan fingerprint density at radius 2 is 1.87 bits per heavy atom. The Morgan fingerprint density at radius 3 is 2.48 bits per heavy atom. The quantitative estimate of drug-likeness (QED) is 0.782. The van der Waals surface area contributed by atoms with Gasteiger partial charge in [0.05, 0.1) is 5.39 Å². The van der Waals surface area contributed by atoms with Gasteiger partial charge < -0.3 is 4.42 Å². The van der Waals surface area contributed by atoms with Gasteiger partial charge in [0.2, 0.25) is 0 Å². The van der Waals surface area contributed by atoms with Crippen molar-refractivity contribution in [3.63, 3.8) is 0 Å². The Bertz CT molecular complexity index is 866. The molecule has 0 spiro atoms. The van der Waals surface area contributed by atoms with Gasteiger partial charge in [-0.2, -0.15) is 0 Å². The summed E-state index contributed by atoms with van der Waals surface area (Å²) < 4.78 is 5.07. The van der Waals surface area contributed by atoms with Crippen molar-refractivity contribution in [1.82, 2.24) is 0 Å². The SMILES string of the molecule is CC(C)=CCCc1c(C)ccc2cc(C(C)C)c(=O)oc(=O)c12. The van der Waals surface area contributed by atoms with E-state index < -0.39 is 11.3 Å². The topological polar surface area (TPSA) is 47.3 Å². The zero-order chi connectivity index (χ0) is 17.1. The van der Waals surface area contributed by atoms with Gasteiger partial charge in [0.15, 0.2) is 0 Å². The number of benzene rings is 1. The van der Waals surface area contributed by atoms with Crippen LogP contribution in [0.5, 0.6) is 0 Å². The summed E-state index contributed by atoms with van der Waals surface area (Å²) in [7, 11) is 0. The number of aryl methyl sites for hydroxylation is 2. The lowest BCUT2D eigenvalue weighted by Crippen LogP contribution is -2.11. The standard InChI is InChI=1S/C20H24O3/c1-12(2)7-6-8-16-14(5)9-10-15-11-17(13(3)4)19(21)23-20(22)18(15)16/h7,9-11,13H,6,8H2,1-5H3. The Labute approximate surface area is 136 Å². The van der Waals surface area contributed by atoms with Crippen LogP contribution in [0.3, 0.4) is 0 Å². The fourth-order valence-electron chi connectivity index (χ4n) is 2.78. The van der Waals surface area contributed by atoms with Gasteiger partial charge in [0.1, 0.15) is 0 Å². The minimum atomic E-state index is -0.534. The Kier molecular flexibility index (Phi) is 5.19. The van der Waals surface area contributed by atoms with Crippen molar-refractivity contribution >= 4 is 10.8 Å². The molecule has 0 bridgehead atoms. The van der Waals surface area contributed by atoms with Crippen LogP contribution < -0.4 is 11.3 Å². The molecule has 0 saturated heterocycles. The van der Waals surface area contributed by atoms with E-state index in [4.69, 9.17) is 4.42 Å². The molecule has 1 aromatic carbocycles. The normalized spacial score (nSPS) is 11.0. The third-order valence-corrected chi connectivity index (χ3v) is 4.08. The van der Waals surface area contributed by atoms with Crippen LogP contribution in [-0.2, 0) is 6.42 Å². The molecule has 122 valence electrons. The molecule has 3 nitrogen and oxygen atoms in total. The van der Waals surface area contributed by atoms with E-state index in [0.29, 0.717) is 10.9 Å². The van der Waals surface area contributed by atoms with Crippen molar-refractivity contribution in [2.75, 3.05) is 0 Å². The van der Waals surface area contributed by atoms with Gasteiger partial charge in [-0.25, -0.2) is 9.59 Å². The van der Waals surface area contributed by atoms with Crippen LogP contribution in [0.1, 0.15) is 56.7 Å². The Balaban J connectivity index is 2.76. The van der Waals surface area contributed by atoms with E-state index in [2.05, 4.69) is 19.9 Å². The second-order valence-corrected chi connectivity index (χ2v) is 6.58. The van der Waals surface area contributed by atoms with Crippen LogP contribution in [0.2, 0.25) is 0 Å². The molecule has 0 radical (unpaired) electrons. The van der Waals surface area contributed by atoms with Gasteiger partial charge in [-0.05, 0) is 62.1 Å². The first kappa shape index (κ1) is 17.2. The highest BCUT2D eigenvalue weighted by Gasteiger charge is 2.13. The van der Waals surface area contributed by atoms with Gasteiger partial charge in [-0.1, -0.05) is 37.6 Å². The third-order valence-electron chi connectivity index (χ3n) is 4.08. The molecule has 23 heavy (non-hydrogen) atoms. The van der Waals surface area contributed by atoms with Crippen LogP contribution in [0, 0.1) is 6.92 Å². The summed E-state index contributed by atoms with van der Waals surface area (Å²) in [5, 5.41) is 1.32. The van der Waals surface area contributed by atoms with Crippen molar-refractivity contribution in [2.24, 2.45) is 0 Å². The molecule has 0 aliphatic heterocycles. The minimum Gasteiger partial charge on any atom is -0.386 e. The lowest BCUT2D eigenvalue weighted by Gasteiger charge is -2.07. The number of allylic oxidation sites excluding steroid dienone is 2. The van der Waals surface area contributed by atoms with Crippen LogP contribution in [0.4, 0.5) is 0 Å². The first-order valence-electron chi connectivity index (χ1n) is 8.05. The largest absolute Gasteiger partial charge is 0.386 e. The predicted octanol–water partition coefficient (Wildman–Crippen LogP) is 4.48. The zero-order valence-corrected chi connectivity index (χ0v) is 14.5. The molecule has 0 unspecified atom stereocenters. The minimum absolute atomic E-state index is 0.0108. The average molecular weight is 312 g/mol. The molecule has 0 atom stereocenters. The molecule has 0 aliphatic rings. The van der Waals surface area contributed by atoms with Gasteiger partial charge in [0.25, 0.3) is 0 Å². The first-order valence-corrected chi connectivity index (χ1v) is 8.05. The van der Waals surface area contributed by atoms with Crippen LogP contribution >= 0.6 is 0 Å². The Morgan fingerprint density at radius 1 is 1.17 bits per heavy atom. The first-order chi connectivity index (χ1) is 10.8. The maximum Gasteiger partial charge on any atom is 0.346 e. The Hall–Kier alpha value is -2.16. The lowest BCUT2D eigenvalue weighted by atomic mass is 9.96. The highest BCUT2D eigenvalue weighted by atomic mass is 16.4. The second kappa shape index (κ2) is 6.95. The molecule has 2 rings (SSSR count). The van der Waals surface area contributed by atoms with E-state index in [9.17, 15) is 9.59 Å². The molecule has 0 amide bonds. The van der Waals surface area contributed by atoms with E-state index >= 15 is 0 Å². The summed E-state index contributed by atoms with van der Waals surface area (Å²) in [5.74, 6) is 0.0108. The number of rotatable bonds is 4. The molecule has 0 fully saturated rings. The van der Waals surface area contributed by atoms with Crippen molar-refractivity contribution in [2.45, 2.75) is 53.4 Å². The highest BCUT2D eigenvalue weighted by Crippen LogP contribution is 2.22. The summed E-state index contributed by atoms with van der Waals surface area (Å²) in [6.07, 6.45) is 3.78. The van der Waals surface area contributed by atoms with Crippen LogP contribution in [0.15, 0.2) is 43.9 Å². The van der Waals surface area contributed by atoms with E-state index in [1.54, 1.807) is 6.07 Å². The molecular formula is C20H24O3. The fourth-order valence-corrected chi connectivity index (χ4v) is 2.78. The smallest absolute Gasteiger partial charge is 0.346 e. The molecule has 1 aromatic heterocycles. The predicted molar refractivity (Wildman–Crippen MR) is 95.3 cm³/mol.